The Morgan fingerprint density at radius 3 is 2.74 bits per heavy atom. The van der Waals surface area contributed by atoms with Crippen molar-refractivity contribution in [3.05, 3.63) is 35.6 Å². The second-order valence-corrected chi connectivity index (χ2v) is 6.03. The quantitative estimate of drug-likeness (QED) is 0.624. The van der Waals surface area contributed by atoms with E-state index in [9.17, 15) is 4.39 Å². The summed E-state index contributed by atoms with van der Waals surface area (Å²) >= 11 is 0. The molecule has 1 atom stereocenters. The molecule has 4 nitrogen and oxygen atoms in total. The zero-order valence-corrected chi connectivity index (χ0v) is 14.3. The van der Waals surface area contributed by atoms with Crippen molar-refractivity contribution < 1.29 is 4.39 Å². The predicted molar refractivity (Wildman–Crippen MR) is 94.4 cm³/mol. The molecule has 0 saturated carbocycles. The van der Waals surface area contributed by atoms with Crippen LogP contribution in [0.15, 0.2) is 29.3 Å². The zero-order chi connectivity index (χ0) is 16.5. The lowest BCUT2D eigenvalue weighted by atomic mass is 10.0. The van der Waals surface area contributed by atoms with Crippen LogP contribution in [0.1, 0.15) is 31.7 Å². The number of nitrogens with zero attached hydrogens (tertiary/aromatic N) is 2. The Kier molecular flexibility index (Phi) is 7.33. The number of likely N-dealkylation sites (N-methyl/N-ethyl adjacent to an activating group) is 1. The van der Waals surface area contributed by atoms with Crippen LogP contribution in [0.3, 0.4) is 0 Å². The van der Waals surface area contributed by atoms with Crippen LogP contribution in [-0.2, 0) is 6.42 Å². The van der Waals surface area contributed by atoms with Crippen molar-refractivity contribution >= 4 is 5.96 Å². The topological polar surface area (TPSA) is 39.7 Å². The van der Waals surface area contributed by atoms with E-state index in [2.05, 4.69) is 27.4 Å². The van der Waals surface area contributed by atoms with Gasteiger partial charge >= 0.3 is 0 Å². The number of piperidine rings is 1. The van der Waals surface area contributed by atoms with E-state index < -0.39 is 0 Å². The maximum absolute atomic E-state index is 12.9. The van der Waals surface area contributed by atoms with Crippen molar-refractivity contribution in [1.82, 2.24) is 15.5 Å². The Balaban J connectivity index is 1.71. The molecule has 1 aromatic carbocycles. The highest BCUT2D eigenvalue weighted by molar-refractivity contribution is 5.79. The van der Waals surface area contributed by atoms with E-state index in [-0.39, 0.29) is 5.82 Å². The number of likely N-dealkylation sites (tertiary alicyclic amines) is 1. The number of hydrogen-bond acceptors (Lipinski definition) is 2. The normalized spacial score (nSPS) is 19.6. The number of hydrogen-bond donors (Lipinski definition) is 2. The first-order chi connectivity index (χ1) is 11.2. The van der Waals surface area contributed by atoms with Crippen molar-refractivity contribution in [2.24, 2.45) is 4.99 Å². The Bertz CT molecular complexity index is 486. The minimum Gasteiger partial charge on any atom is -0.356 e. The molecule has 1 fully saturated rings. The Morgan fingerprint density at radius 2 is 2.04 bits per heavy atom. The first kappa shape index (κ1) is 17.7. The molecule has 0 bridgehead atoms. The third-order valence-electron chi connectivity index (χ3n) is 4.50. The highest BCUT2D eigenvalue weighted by Gasteiger charge is 2.20. The predicted octanol–water partition coefficient (Wildman–Crippen LogP) is 2.41. The highest BCUT2D eigenvalue weighted by atomic mass is 19.1. The van der Waals surface area contributed by atoms with Crippen LogP contribution in [0.25, 0.3) is 0 Å². The summed E-state index contributed by atoms with van der Waals surface area (Å²) in [6, 6.07) is 7.27. The van der Waals surface area contributed by atoms with E-state index in [1.165, 1.54) is 37.9 Å². The van der Waals surface area contributed by atoms with Crippen molar-refractivity contribution in [1.29, 1.82) is 0 Å². The molecule has 1 aliphatic rings. The average Bonchev–Trinajstić information content (AvgIpc) is 2.59. The molecule has 1 aromatic rings. The molecule has 0 aliphatic carbocycles. The second-order valence-electron chi connectivity index (χ2n) is 6.03. The largest absolute Gasteiger partial charge is 0.356 e. The molecule has 1 unspecified atom stereocenters. The molecular weight excluding hydrogens is 291 g/mol. The molecule has 23 heavy (non-hydrogen) atoms. The summed E-state index contributed by atoms with van der Waals surface area (Å²) in [5.41, 5.74) is 1.12. The summed E-state index contributed by atoms with van der Waals surface area (Å²) in [6.07, 6.45) is 4.74. The van der Waals surface area contributed by atoms with Gasteiger partial charge < -0.3 is 10.6 Å². The van der Waals surface area contributed by atoms with E-state index in [1.807, 2.05) is 12.1 Å². The number of guanidine groups is 1. The molecule has 1 saturated heterocycles. The van der Waals surface area contributed by atoms with Crippen LogP contribution in [-0.4, -0.2) is 50.1 Å². The number of halogens is 1. The van der Waals surface area contributed by atoms with Gasteiger partial charge in [0.2, 0.25) is 0 Å². The van der Waals surface area contributed by atoms with Crippen LogP contribution in [0, 0.1) is 5.82 Å². The molecular formula is C18H29FN4. The maximum Gasteiger partial charge on any atom is 0.191 e. The van der Waals surface area contributed by atoms with Crippen molar-refractivity contribution in [3.8, 4) is 0 Å². The van der Waals surface area contributed by atoms with Gasteiger partial charge in [-0.15, -0.1) is 0 Å². The van der Waals surface area contributed by atoms with Gasteiger partial charge in [-0.1, -0.05) is 25.5 Å². The van der Waals surface area contributed by atoms with Gasteiger partial charge in [0.15, 0.2) is 5.96 Å². The Labute approximate surface area is 139 Å². The lowest BCUT2D eigenvalue weighted by Crippen LogP contribution is -2.49. The average molecular weight is 320 g/mol. The number of rotatable bonds is 6. The van der Waals surface area contributed by atoms with Gasteiger partial charge in [-0.05, 0) is 50.0 Å². The molecule has 0 amide bonds. The summed E-state index contributed by atoms with van der Waals surface area (Å²) in [4.78, 5) is 6.83. The summed E-state index contributed by atoms with van der Waals surface area (Å²) in [5.74, 6) is 0.654. The third-order valence-corrected chi connectivity index (χ3v) is 4.50. The standard InChI is InChI=1S/C18H29FN4/c1-3-23-13-5-4-6-17(23)14-22-18(20-2)21-12-11-15-7-9-16(19)10-8-15/h7-10,17H,3-6,11-14H2,1-2H3,(H2,20,21,22). The molecule has 5 heteroatoms. The summed E-state index contributed by atoms with van der Waals surface area (Å²) in [5, 5.41) is 6.77. The van der Waals surface area contributed by atoms with Crippen molar-refractivity contribution in [2.75, 3.05) is 33.2 Å². The fraction of sp³-hybridized carbons (Fsp3) is 0.611. The van der Waals surface area contributed by atoms with Crippen LogP contribution in [0.4, 0.5) is 4.39 Å². The van der Waals surface area contributed by atoms with Crippen LogP contribution in [0.2, 0.25) is 0 Å². The first-order valence-electron chi connectivity index (χ1n) is 8.66. The van der Waals surface area contributed by atoms with E-state index in [1.54, 1.807) is 7.05 Å². The summed E-state index contributed by atoms with van der Waals surface area (Å²) in [6.45, 7) is 6.27. The lowest BCUT2D eigenvalue weighted by molar-refractivity contribution is 0.157. The molecule has 0 aromatic heterocycles. The van der Waals surface area contributed by atoms with Crippen molar-refractivity contribution in [2.45, 2.75) is 38.6 Å². The fourth-order valence-corrected chi connectivity index (χ4v) is 3.12. The van der Waals surface area contributed by atoms with E-state index in [0.29, 0.717) is 6.04 Å². The summed E-state index contributed by atoms with van der Waals surface area (Å²) in [7, 11) is 1.80. The fourth-order valence-electron chi connectivity index (χ4n) is 3.12. The molecule has 2 rings (SSSR count). The van der Waals surface area contributed by atoms with Gasteiger partial charge in [0.05, 0.1) is 0 Å². The highest BCUT2D eigenvalue weighted by Crippen LogP contribution is 2.15. The van der Waals surface area contributed by atoms with Crippen LogP contribution >= 0.6 is 0 Å². The zero-order valence-electron chi connectivity index (χ0n) is 14.3. The minimum atomic E-state index is -0.188. The van der Waals surface area contributed by atoms with E-state index >= 15 is 0 Å². The van der Waals surface area contributed by atoms with E-state index in [0.717, 1.165) is 37.6 Å². The number of nitrogens with one attached hydrogen (secondary N) is 2. The van der Waals surface area contributed by atoms with Crippen LogP contribution in [0.5, 0.6) is 0 Å². The van der Waals surface area contributed by atoms with Crippen LogP contribution < -0.4 is 10.6 Å². The molecule has 0 radical (unpaired) electrons. The van der Waals surface area contributed by atoms with Gasteiger partial charge in [-0.2, -0.15) is 0 Å². The molecule has 1 aliphatic heterocycles. The Morgan fingerprint density at radius 1 is 1.26 bits per heavy atom. The maximum atomic E-state index is 12.9. The monoisotopic (exact) mass is 320 g/mol. The summed E-state index contributed by atoms with van der Waals surface area (Å²) < 4.78 is 12.9. The molecule has 2 N–H and O–H groups in total. The van der Waals surface area contributed by atoms with Gasteiger partial charge in [0.1, 0.15) is 5.82 Å². The third kappa shape index (κ3) is 5.82. The first-order valence-corrected chi connectivity index (χ1v) is 8.66. The number of benzene rings is 1. The smallest absolute Gasteiger partial charge is 0.191 e. The minimum absolute atomic E-state index is 0.188. The van der Waals surface area contributed by atoms with Gasteiger partial charge in [0.25, 0.3) is 0 Å². The molecule has 0 spiro atoms. The van der Waals surface area contributed by atoms with Crippen molar-refractivity contribution in [3.63, 3.8) is 0 Å². The van der Waals surface area contributed by atoms with Gasteiger partial charge in [-0.3, -0.25) is 9.89 Å². The van der Waals surface area contributed by atoms with Gasteiger partial charge in [0, 0.05) is 26.2 Å². The second kappa shape index (κ2) is 9.50. The molecule has 1 heterocycles. The lowest BCUT2D eigenvalue weighted by Gasteiger charge is -2.35. The SMILES string of the molecule is CCN1CCCCC1CNC(=NC)NCCc1ccc(F)cc1. The number of aliphatic imine (C=N–C) groups is 1. The van der Waals surface area contributed by atoms with Gasteiger partial charge in [-0.25, -0.2) is 4.39 Å². The molecule has 128 valence electrons. The van der Waals surface area contributed by atoms with E-state index in [4.69, 9.17) is 0 Å². The Hall–Kier alpha value is -1.62.